The van der Waals surface area contributed by atoms with Gasteiger partial charge in [0.05, 0.1) is 24.2 Å². The lowest BCUT2D eigenvalue weighted by molar-refractivity contribution is 0.0954. The highest BCUT2D eigenvalue weighted by atomic mass is 127. The zero-order chi connectivity index (χ0) is 21.8. The molecular weight excluding hydrogens is 531 g/mol. The van der Waals surface area contributed by atoms with E-state index < -0.39 is 0 Å². The first-order valence-corrected chi connectivity index (χ1v) is 10.3. The zero-order valence-corrected chi connectivity index (χ0v) is 21.1. The van der Waals surface area contributed by atoms with Gasteiger partial charge in [-0.15, -0.1) is 24.0 Å². The third kappa shape index (κ3) is 9.65. The van der Waals surface area contributed by atoms with Gasteiger partial charge in [0.2, 0.25) is 0 Å². The van der Waals surface area contributed by atoms with E-state index in [2.05, 4.69) is 20.9 Å². The Hall–Kier alpha value is -2.20. The van der Waals surface area contributed by atoms with E-state index in [9.17, 15) is 4.79 Å². The Balaban J connectivity index is 0.00000480. The molecular formula is C22H30ClIN4O3. The number of hydrogen-bond acceptors (Lipinski definition) is 4. The first kappa shape index (κ1) is 26.8. The first-order valence-electron chi connectivity index (χ1n) is 9.89. The molecule has 2 rings (SSSR count). The van der Waals surface area contributed by atoms with Gasteiger partial charge >= 0.3 is 0 Å². The van der Waals surface area contributed by atoms with Crippen molar-refractivity contribution in [2.75, 3.05) is 33.3 Å². The van der Waals surface area contributed by atoms with Crippen LogP contribution < -0.4 is 25.4 Å². The number of amides is 1. The van der Waals surface area contributed by atoms with Gasteiger partial charge in [0.1, 0.15) is 17.6 Å². The first-order chi connectivity index (χ1) is 14.5. The Morgan fingerprint density at radius 1 is 1.06 bits per heavy atom. The fourth-order valence-corrected chi connectivity index (χ4v) is 2.82. The van der Waals surface area contributed by atoms with Crippen LogP contribution in [0.3, 0.4) is 0 Å². The quantitative estimate of drug-likeness (QED) is 0.179. The molecule has 31 heavy (non-hydrogen) atoms. The van der Waals surface area contributed by atoms with Crippen molar-refractivity contribution < 1.29 is 14.3 Å². The number of aliphatic imine (C=N–C) groups is 1. The molecule has 0 aliphatic heterocycles. The standard InChI is InChI=1S/C22H29ClN4O3.HI/c1-4-24-22(26-13-12-25-21(28)19-10-5-6-11-20(19)23)27-15-16(2)30-18-9-7-8-17(14-18)29-3;/h5-11,14,16H,4,12-13,15H2,1-3H3,(H,25,28)(H2,24,26,27);1H. The summed E-state index contributed by atoms with van der Waals surface area (Å²) in [6, 6.07) is 14.4. The van der Waals surface area contributed by atoms with E-state index in [1.807, 2.05) is 38.1 Å². The van der Waals surface area contributed by atoms with Gasteiger partial charge in [0.15, 0.2) is 5.96 Å². The van der Waals surface area contributed by atoms with Crippen molar-refractivity contribution >= 4 is 47.4 Å². The molecule has 0 heterocycles. The molecule has 7 nitrogen and oxygen atoms in total. The molecule has 0 saturated heterocycles. The fraction of sp³-hybridized carbons (Fsp3) is 0.364. The normalized spacial score (nSPS) is 11.7. The van der Waals surface area contributed by atoms with Crippen LogP contribution >= 0.6 is 35.6 Å². The van der Waals surface area contributed by atoms with Crippen LogP contribution in [0.5, 0.6) is 11.5 Å². The molecule has 0 spiro atoms. The summed E-state index contributed by atoms with van der Waals surface area (Å²) in [6.07, 6.45) is -0.118. The summed E-state index contributed by atoms with van der Waals surface area (Å²) < 4.78 is 11.1. The highest BCUT2D eigenvalue weighted by molar-refractivity contribution is 14.0. The average molecular weight is 561 g/mol. The van der Waals surface area contributed by atoms with Crippen molar-refractivity contribution in [3.05, 3.63) is 59.1 Å². The second-order valence-electron chi connectivity index (χ2n) is 6.49. The van der Waals surface area contributed by atoms with E-state index >= 15 is 0 Å². The van der Waals surface area contributed by atoms with Crippen LogP contribution in [0.2, 0.25) is 5.02 Å². The zero-order valence-electron chi connectivity index (χ0n) is 18.0. The highest BCUT2D eigenvalue weighted by Gasteiger charge is 2.09. The molecule has 0 aliphatic rings. The van der Waals surface area contributed by atoms with Crippen LogP contribution in [-0.2, 0) is 0 Å². The number of nitrogens with zero attached hydrogens (tertiary/aromatic N) is 1. The molecule has 0 aliphatic carbocycles. The summed E-state index contributed by atoms with van der Waals surface area (Å²) in [6.45, 7) is 6.10. The predicted molar refractivity (Wildman–Crippen MR) is 136 cm³/mol. The number of ether oxygens (including phenoxy) is 2. The lowest BCUT2D eigenvalue weighted by Crippen LogP contribution is -2.42. The van der Waals surface area contributed by atoms with Crippen molar-refractivity contribution in [2.45, 2.75) is 20.0 Å². The molecule has 0 bridgehead atoms. The number of rotatable bonds is 10. The van der Waals surface area contributed by atoms with Crippen molar-refractivity contribution in [2.24, 2.45) is 4.99 Å². The van der Waals surface area contributed by atoms with E-state index in [4.69, 9.17) is 21.1 Å². The van der Waals surface area contributed by atoms with Gasteiger partial charge in [0, 0.05) is 25.7 Å². The van der Waals surface area contributed by atoms with Crippen LogP contribution in [0.25, 0.3) is 0 Å². The molecule has 3 N–H and O–H groups in total. The SMILES string of the molecule is CCNC(=NCC(C)Oc1cccc(OC)c1)NCCNC(=O)c1ccccc1Cl.I. The Morgan fingerprint density at radius 3 is 2.48 bits per heavy atom. The van der Waals surface area contributed by atoms with Crippen LogP contribution in [-0.4, -0.2) is 51.3 Å². The molecule has 0 saturated carbocycles. The second-order valence-corrected chi connectivity index (χ2v) is 6.90. The van der Waals surface area contributed by atoms with E-state index in [-0.39, 0.29) is 36.0 Å². The minimum Gasteiger partial charge on any atom is -0.497 e. The molecule has 1 atom stereocenters. The predicted octanol–water partition coefficient (Wildman–Crippen LogP) is 3.72. The average Bonchev–Trinajstić information content (AvgIpc) is 2.75. The maximum absolute atomic E-state index is 12.2. The van der Waals surface area contributed by atoms with Gasteiger partial charge in [-0.05, 0) is 38.1 Å². The number of carbonyl (C=O) groups excluding carboxylic acids is 1. The van der Waals surface area contributed by atoms with Crippen LogP contribution in [0, 0.1) is 0 Å². The summed E-state index contributed by atoms with van der Waals surface area (Å²) in [5.41, 5.74) is 0.461. The summed E-state index contributed by atoms with van der Waals surface area (Å²) in [7, 11) is 1.62. The maximum Gasteiger partial charge on any atom is 0.252 e. The van der Waals surface area contributed by atoms with Crippen LogP contribution in [0.1, 0.15) is 24.2 Å². The minimum absolute atomic E-state index is 0. The summed E-state index contributed by atoms with van der Waals surface area (Å²) in [4.78, 5) is 16.7. The Bertz CT molecular complexity index is 851. The van der Waals surface area contributed by atoms with Gasteiger partial charge in [0.25, 0.3) is 5.91 Å². The molecule has 0 radical (unpaired) electrons. The third-order valence-corrected chi connectivity index (χ3v) is 4.38. The summed E-state index contributed by atoms with van der Waals surface area (Å²) in [5, 5.41) is 9.65. The molecule has 1 unspecified atom stereocenters. The maximum atomic E-state index is 12.2. The van der Waals surface area contributed by atoms with Crippen molar-refractivity contribution in [3.8, 4) is 11.5 Å². The largest absolute Gasteiger partial charge is 0.497 e. The van der Waals surface area contributed by atoms with E-state index in [1.165, 1.54) is 0 Å². The van der Waals surface area contributed by atoms with E-state index in [1.54, 1.807) is 31.4 Å². The van der Waals surface area contributed by atoms with Crippen molar-refractivity contribution in [3.63, 3.8) is 0 Å². The molecule has 0 aromatic heterocycles. The topological polar surface area (TPSA) is 84.0 Å². The Kier molecular flexibility index (Phi) is 12.8. The van der Waals surface area contributed by atoms with Crippen LogP contribution in [0.4, 0.5) is 0 Å². The van der Waals surface area contributed by atoms with Gasteiger partial charge in [-0.25, -0.2) is 4.99 Å². The van der Waals surface area contributed by atoms with Crippen molar-refractivity contribution in [1.29, 1.82) is 0 Å². The fourth-order valence-electron chi connectivity index (χ4n) is 2.60. The van der Waals surface area contributed by atoms with E-state index in [0.717, 1.165) is 18.0 Å². The molecule has 9 heteroatoms. The molecule has 170 valence electrons. The lowest BCUT2D eigenvalue weighted by atomic mass is 10.2. The highest BCUT2D eigenvalue weighted by Crippen LogP contribution is 2.20. The molecule has 0 fully saturated rings. The lowest BCUT2D eigenvalue weighted by Gasteiger charge is -2.16. The smallest absolute Gasteiger partial charge is 0.252 e. The summed E-state index contributed by atoms with van der Waals surface area (Å²) in [5.74, 6) is 1.93. The number of benzene rings is 2. The van der Waals surface area contributed by atoms with Gasteiger partial charge < -0.3 is 25.4 Å². The number of guanidine groups is 1. The third-order valence-electron chi connectivity index (χ3n) is 4.05. The molecule has 1 amide bonds. The number of halogens is 2. The Labute approximate surface area is 206 Å². The Morgan fingerprint density at radius 2 is 1.77 bits per heavy atom. The second kappa shape index (κ2) is 14.7. The van der Waals surface area contributed by atoms with Crippen LogP contribution in [0.15, 0.2) is 53.5 Å². The van der Waals surface area contributed by atoms with Crippen molar-refractivity contribution in [1.82, 2.24) is 16.0 Å². The molecule has 2 aromatic rings. The van der Waals surface area contributed by atoms with E-state index in [0.29, 0.717) is 36.2 Å². The monoisotopic (exact) mass is 560 g/mol. The van der Waals surface area contributed by atoms with Gasteiger partial charge in [-0.2, -0.15) is 0 Å². The number of methoxy groups -OCH3 is 1. The van der Waals surface area contributed by atoms with Gasteiger partial charge in [-0.3, -0.25) is 4.79 Å². The minimum atomic E-state index is -0.204. The van der Waals surface area contributed by atoms with Gasteiger partial charge in [-0.1, -0.05) is 29.8 Å². The molecule has 2 aromatic carbocycles. The number of nitrogens with one attached hydrogen (secondary N) is 3. The number of carbonyl (C=O) groups is 1. The number of hydrogen-bond donors (Lipinski definition) is 3. The summed E-state index contributed by atoms with van der Waals surface area (Å²) >= 11 is 6.04.